The van der Waals surface area contributed by atoms with Crippen LogP contribution in [0.2, 0.25) is 0 Å². The van der Waals surface area contributed by atoms with Gasteiger partial charge in [0.15, 0.2) is 11.6 Å². The van der Waals surface area contributed by atoms with E-state index in [1.54, 1.807) is 26.1 Å². The predicted octanol–water partition coefficient (Wildman–Crippen LogP) is 3.79. The van der Waals surface area contributed by atoms with Gasteiger partial charge in [-0.25, -0.2) is 8.78 Å². The second-order valence-electron chi connectivity index (χ2n) is 4.69. The van der Waals surface area contributed by atoms with Crippen LogP contribution in [0.3, 0.4) is 0 Å². The van der Waals surface area contributed by atoms with Gasteiger partial charge in [0.25, 0.3) is 0 Å². The smallest absolute Gasteiger partial charge is 0.164 e. The first-order valence-corrected chi connectivity index (χ1v) is 6.14. The quantitative estimate of drug-likeness (QED) is 0.913. The second kappa shape index (κ2) is 5.13. The van der Waals surface area contributed by atoms with Crippen LogP contribution in [0, 0.1) is 32.4 Å². The Morgan fingerprint density at radius 1 is 1.05 bits per heavy atom. The summed E-state index contributed by atoms with van der Waals surface area (Å²) in [6, 6.07) is 4.61. The molecular weight excluding hydrogens is 248 g/mol. The molecule has 0 aliphatic carbocycles. The highest BCUT2D eigenvalue weighted by Crippen LogP contribution is 2.30. The molecule has 2 nitrogen and oxygen atoms in total. The molecule has 0 fully saturated rings. The minimum absolute atomic E-state index is 0.287. The zero-order valence-electron chi connectivity index (χ0n) is 11.5. The maximum absolute atomic E-state index is 14.1. The van der Waals surface area contributed by atoms with Crippen LogP contribution < -0.4 is 5.32 Å². The van der Waals surface area contributed by atoms with Crippen molar-refractivity contribution in [2.75, 3.05) is 7.05 Å². The number of hydrogen-bond acceptors (Lipinski definition) is 2. The predicted molar refractivity (Wildman–Crippen MR) is 70.2 cm³/mol. The summed E-state index contributed by atoms with van der Waals surface area (Å²) >= 11 is 0. The van der Waals surface area contributed by atoms with Crippen molar-refractivity contribution in [3.8, 4) is 0 Å². The Kier molecular flexibility index (Phi) is 3.71. The van der Waals surface area contributed by atoms with E-state index in [2.05, 4.69) is 5.32 Å². The van der Waals surface area contributed by atoms with E-state index in [-0.39, 0.29) is 5.56 Å². The van der Waals surface area contributed by atoms with Gasteiger partial charge in [-0.15, -0.1) is 0 Å². The van der Waals surface area contributed by atoms with E-state index in [4.69, 9.17) is 4.42 Å². The Labute approximate surface area is 111 Å². The fourth-order valence-electron chi connectivity index (χ4n) is 2.30. The summed E-state index contributed by atoms with van der Waals surface area (Å²) in [7, 11) is 1.71. The third-order valence-electron chi connectivity index (χ3n) is 3.30. The van der Waals surface area contributed by atoms with E-state index in [9.17, 15) is 8.78 Å². The lowest BCUT2D eigenvalue weighted by molar-refractivity contribution is 0.476. The lowest BCUT2D eigenvalue weighted by atomic mass is 9.97. The van der Waals surface area contributed by atoms with Crippen LogP contribution in [-0.2, 0) is 0 Å². The summed E-state index contributed by atoms with van der Waals surface area (Å²) in [5, 5.41) is 3.01. The first kappa shape index (κ1) is 13.7. The third-order valence-corrected chi connectivity index (χ3v) is 3.30. The van der Waals surface area contributed by atoms with Crippen LogP contribution in [0.25, 0.3) is 0 Å². The Morgan fingerprint density at radius 3 is 2.26 bits per heavy atom. The van der Waals surface area contributed by atoms with Gasteiger partial charge in [-0.05, 0) is 39.4 Å². The molecular formula is C15H17F2NO. The van der Waals surface area contributed by atoms with Crippen molar-refractivity contribution in [3.63, 3.8) is 0 Å². The molecule has 19 heavy (non-hydrogen) atoms. The summed E-state index contributed by atoms with van der Waals surface area (Å²) < 4.78 is 33.2. The Hall–Kier alpha value is -1.68. The normalized spacial score (nSPS) is 12.7. The molecule has 0 saturated carbocycles. The van der Waals surface area contributed by atoms with E-state index in [0.717, 1.165) is 11.3 Å². The zero-order chi connectivity index (χ0) is 14.2. The molecule has 0 bridgehead atoms. The molecule has 0 saturated heterocycles. The summed E-state index contributed by atoms with van der Waals surface area (Å²) in [6.07, 6.45) is 0. The van der Waals surface area contributed by atoms with Crippen molar-refractivity contribution >= 4 is 0 Å². The lowest BCUT2D eigenvalue weighted by Crippen LogP contribution is -2.20. The summed E-state index contributed by atoms with van der Waals surface area (Å²) in [4.78, 5) is 0. The van der Waals surface area contributed by atoms with Crippen molar-refractivity contribution in [1.29, 1.82) is 0 Å². The molecule has 0 radical (unpaired) electrons. The molecule has 0 amide bonds. The van der Waals surface area contributed by atoms with Crippen LogP contribution in [0.15, 0.2) is 22.6 Å². The van der Waals surface area contributed by atoms with Crippen molar-refractivity contribution in [2.45, 2.75) is 26.8 Å². The first-order valence-electron chi connectivity index (χ1n) is 6.14. The number of hydrogen-bond donors (Lipinski definition) is 1. The molecule has 1 unspecified atom stereocenters. The van der Waals surface area contributed by atoms with Gasteiger partial charge in [0, 0.05) is 11.1 Å². The minimum Gasteiger partial charge on any atom is -0.466 e. The second-order valence-corrected chi connectivity index (χ2v) is 4.69. The number of furan rings is 1. The van der Waals surface area contributed by atoms with E-state index in [1.807, 2.05) is 19.9 Å². The summed E-state index contributed by atoms with van der Waals surface area (Å²) in [5.74, 6) is -0.147. The molecule has 2 aromatic rings. The molecule has 2 rings (SSSR count). The van der Waals surface area contributed by atoms with Crippen LogP contribution >= 0.6 is 0 Å². The van der Waals surface area contributed by atoms with E-state index < -0.39 is 17.7 Å². The van der Waals surface area contributed by atoms with Crippen LogP contribution in [0.5, 0.6) is 0 Å². The fourth-order valence-corrected chi connectivity index (χ4v) is 2.30. The SMILES string of the molecule is CNC(c1cc(C)oc1C)c1ccc(C)c(F)c1F. The Morgan fingerprint density at radius 2 is 1.74 bits per heavy atom. The van der Waals surface area contributed by atoms with Gasteiger partial charge in [-0.1, -0.05) is 12.1 Å². The van der Waals surface area contributed by atoms with Gasteiger partial charge in [-0.3, -0.25) is 0 Å². The molecule has 1 aromatic heterocycles. The summed E-state index contributed by atoms with van der Waals surface area (Å²) in [6.45, 7) is 5.19. The molecule has 1 N–H and O–H groups in total. The topological polar surface area (TPSA) is 25.2 Å². The summed E-state index contributed by atoms with van der Waals surface area (Å²) in [5.41, 5.74) is 1.41. The zero-order valence-corrected chi connectivity index (χ0v) is 11.5. The van der Waals surface area contributed by atoms with Gasteiger partial charge in [0.1, 0.15) is 11.5 Å². The lowest BCUT2D eigenvalue weighted by Gasteiger charge is -2.17. The van der Waals surface area contributed by atoms with E-state index in [0.29, 0.717) is 11.3 Å². The minimum atomic E-state index is -0.808. The molecule has 4 heteroatoms. The van der Waals surface area contributed by atoms with Crippen molar-refractivity contribution in [2.24, 2.45) is 0 Å². The van der Waals surface area contributed by atoms with Gasteiger partial charge in [0.2, 0.25) is 0 Å². The maximum Gasteiger partial charge on any atom is 0.164 e. The molecule has 0 aliphatic heterocycles. The van der Waals surface area contributed by atoms with Crippen LogP contribution in [0.4, 0.5) is 8.78 Å². The number of aryl methyl sites for hydroxylation is 3. The number of rotatable bonds is 3. The van der Waals surface area contributed by atoms with Crippen molar-refractivity contribution in [1.82, 2.24) is 5.32 Å². The van der Waals surface area contributed by atoms with Gasteiger partial charge in [0.05, 0.1) is 6.04 Å². The molecule has 102 valence electrons. The number of halogens is 2. The molecule has 1 atom stereocenters. The number of nitrogens with one attached hydrogen (secondary N) is 1. The molecule has 0 aliphatic rings. The highest BCUT2D eigenvalue weighted by atomic mass is 19.2. The Bertz CT molecular complexity index is 604. The van der Waals surface area contributed by atoms with Gasteiger partial charge in [-0.2, -0.15) is 0 Å². The highest BCUT2D eigenvalue weighted by molar-refractivity contribution is 5.37. The highest BCUT2D eigenvalue weighted by Gasteiger charge is 2.23. The maximum atomic E-state index is 14.1. The molecule has 1 heterocycles. The molecule has 0 spiro atoms. The molecule has 1 aromatic carbocycles. The van der Waals surface area contributed by atoms with Crippen molar-refractivity contribution in [3.05, 3.63) is 58.0 Å². The monoisotopic (exact) mass is 265 g/mol. The Balaban J connectivity index is 2.54. The average Bonchev–Trinajstić information content (AvgIpc) is 2.69. The van der Waals surface area contributed by atoms with Crippen LogP contribution in [0.1, 0.15) is 34.3 Å². The van der Waals surface area contributed by atoms with Gasteiger partial charge < -0.3 is 9.73 Å². The van der Waals surface area contributed by atoms with E-state index in [1.165, 1.54) is 0 Å². The van der Waals surface area contributed by atoms with E-state index >= 15 is 0 Å². The average molecular weight is 265 g/mol. The fraction of sp³-hybridized carbons (Fsp3) is 0.333. The van der Waals surface area contributed by atoms with Crippen LogP contribution in [-0.4, -0.2) is 7.05 Å². The largest absolute Gasteiger partial charge is 0.466 e. The standard InChI is InChI=1S/C15H17F2NO/c1-8-5-6-11(14(17)13(8)16)15(18-4)12-7-9(2)19-10(12)3/h5-7,15,18H,1-4H3. The first-order chi connectivity index (χ1) is 8.95. The number of benzene rings is 1. The van der Waals surface area contributed by atoms with Crippen molar-refractivity contribution < 1.29 is 13.2 Å². The third kappa shape index (κ3) is 2.40. The van der Waals surface area contributed by atoms with Gasteiger partial charge >= 0.3 is 0 Å².